The Bertz CT molecular complexity index is 1020. The van der Waals surface area contributed by atoms with Crippen molar-refractivity contribution in [1.82, 2.24) is 10.0 Å². The van der Waals surface area contributed by atoms with Crippen LogP contribution in [0, 0.1) is 0 Å². The van der Waals surface area contributed by atoms with Crippen molar-refractivity contribution in [3.8, 4) is 17.2 Å². The average Bonchev–Trinajstić information content (AvgIpc) is 2.74. The second-order valence-corrected chi connectivity index (χ2v) is 7.95. The molecule has 170 valence electrons. The lowest BCUT2D eigenvalue weighted by molar-refractivity contribution is -0.121. The zero-order chi connectivity index (χ0) is 23.2. The SMILES string of the molecule is COc1cc(CNC(=O)c2cccc(S(=O)(=O)NCC(F)(F)F)c2)cc(OC)c1OC. The summed E-state index contributed by atoms with van der Waals surface area (Å²) in [5, 5.41) is 2.60. The Balaban J connectivity index is 2.16. The highest BCUT2D eigenvalue weighted by Gasteiger charge is 2.30. The predicted molar refractivity (Wildman–Crippen MR) is 105 cm³/mol. The van der Waals surface area contributed by atoms with Crippen LogP contribution in [0.4, 0.5) is 13.2 Å². The van der Waals surface area contributed by atoms with Crippen molar-refractivity contribution in [1.29, 1.82) is 0 Å². The Morgan fingerprint density at radius 2 is 1.61 bits per heavy atom. The lowest BCUT2D eigenvalue weighted by Gasteiger charge is -2.14. The maximum Gasteiger partial charge on any atom is 0.402 e. The second kappa shape index (κ2) is 9.88. The molecule has 0 unspecified atom stereocenters. The van der Waals surface area contributed by atoms with Crippen LogP contribution < -0.4 is 24.2 Å². The van der Waals surface area contributed by atoms with E-state index < -0.39 is 33.5 Å². The molecular weight excluding hydrogens is 441 g/mol. The molecule has 0 heterocycles. The first kappa shape index (κ1) is 24.3. The monoisotopic (exact) mass is 462 g/mol. The molecule has 1 amide bonds. The van der Waals surface area contributed by atoms with Gasteiger partial charge < -0.3 is 19.5 Å². The number of hydrogen-bond acceptors (Lipinski definition) is 6. The Hall–Kier alpha value is -2.99. The van der Waals surface area contributed by atoms with Crippen LogP contribution in [0.1, 0.15) is 15.9 Å². The third-order valence-corrected chi connectivity index (χ3v) is 5.45. The van der Waals surface area contributed by atoms with Gasteiger partial charge in [0, 0.05) is 12.1 Å². The average molecular weight is 462 g/mol. The summed E-state index contributed by atoms with van der Waals surface area (Å²) in [7, 11) is -0.103. The van der Waals surface area contributed by atoms with E-state index in [1.165, 1.54) is 38.2 Å². The van der Waals surface area contributed by atoms with Crippen molar-refractivity contribution in [3.05, 3.63) is 47.5 Å². The zero-order valence-corrected chi connectivity index (χ0v) is 17.7. The van der Waals surface area contributed by atoms with Crippen molar-refractivity contribution >= 4 is 15.9 Å². The van der Waals surface area contributed by atoms with E-state index >= 15 is 0 Å². The maximum atomic E-state index is 12.5. The van der Waals surface area contributed by atoms with E-state index in [9.17, 15) is 26.4 Å². The van der Waals surface area contributed by atoms with Gasteiger partial charge in [0.15, 0.2) is 11.5 Å². The smallest absolute Gasteiger partial charge is 0.402 e. The topological polar surface area (TPSA) is 103 Å². The third-order valence-electron chi connectivity index (χ3n) is 4.05. The molecule has 2 rings (SSSR count). The normalized spacial score (nSPS) is 11.7. The highest BCUT2D eigenvalue weighted by Crippen LogP contribution is 2.38. The summed E-state index contributed by atoms with van der Waals surface area (Å²) in [5.74, 6) is 0.524. The summed E-state index contributed by atoms with van der Waals surface area (Å²) in [6, 6.07) is 7.94. The number of hydrogen-bond donors (Lipinski definition) is 2. The molecule has 0 aliphatic heterocycles. The van der Waals surface area contributed by atoms with E-state index in [0.29, 0.717) is 22.8 Å². The second-order valence-electron chi connectivity index (χ2n) is 6.18. The molecular formula is C19H21F3N2O6S. The fraction of sp³-hybridized carbons (Fsp3) is 0.316. The number of halogens is 3. The minimum absolute atomic E-state index is 0.0395. The zero-order valence-electron chi connectivity index (χ0n) is 16.9. The molecule has 0 atom stereocenters. The molecule has 12 heteroatoms. The number of amides is 1. The first-order valence-corrected chi connectivity index (χ1v) is 10.2. The number of benzene rings is 2. The number of methoxy groups -OCH3 is 3. The van der Waals surface area contributed by atoms with E-state index in [2.05, 4.69) is 5.32 Å². The molecule has 2 aromatic rings. The van der Waals surface area contributed by atoms with Gasteiger partial charge in [0.2, 0.25) is 15.8 Å². The fourth-order valence-corrected chi connectivity index (χ4v) is 3.65. The third kappa shape index (κ3) is 6.49. The highest BCUT2D eigenvalue weighted by atomic mass is 32.2. The van der Waals surface area contributed by atoms with Gasteiger partial charge in [-0.2, -0.15) is 13.2 Å². The van der Waals surface area contributed by atoms with E-state index in [1.54, 1.807) is 12.1 Å². The molecule has 0 saturated heterocycles. The molecule has 0 aromatic heterocycles. The number of carbonyl (C=O) groups excluding carboxylic acids is 1. The number of alkyl halides is 3. The van der Waals surface area contributed by atoms with Gasteiger partial charge in [-0.05, 0) is 35.9 Å². The van der Waals surface area contributed by atoms with Crippen LogP contribution in [-0.2, 0) is 16.6 Å². The first-order chi connectivity index (χ1) is 14.5. The Labute approximate surface area is 177 Å². The summed E-state index contributed by atoms with van der Waals surface area (Å²) in [6.45, 7) is -1.67. The predicted octanol–water partition coefficient (Wildman–Crippen LogP) is 2.48. The molecule has 2 aromatic carbocycles. The van der Waals surface area contributed by atoms with Crippen LogP contribution in [0.25, 0.3) is 0 Å². The Kier molecular flexibility index (Phi) is 7.74. The molecule has 0 fully saturated rings. The lowest BCUT2D eigenvalue weighted by atomic mass is 10.1. The van der Waals surface area contributed by atoms with E-state index in [4.69, 9.17) is 14.2 Å². The number of rotatable bonds is 9. The van der Waals surface area contributed by atoms with Crippen molar-refractivity contribution in [2.75, 3.05) is 27.9 Å². The largest absolute Gasteiger partial charge is 0.493 e. The standard InChI is InChI=1S/C19H21F3N2O6S/c1-28-15-7-12(8-16(29-2)17(15)30-3)10-23-18(25)13-5-4-6-14(9-13)31(26,27)24-11-19(20,21)22/h4-9,24H,10-11H2,1-3H3,(H,23,25). The molecule has 0 aliphatic rings. The number of nitrogens with one attached hydrogen (secondary N) is 2. The Morgan fingerprint density at radius 3 is 2.13 bits per heavy atom. The maximum absolute atomic E-state index is 12.5. The van der Waals surface area contributed by atoms with Gasteiger partial charge in [-0.1, -0.05) is 6.07 Å². The molecule has 0 spiro atoms. The fourth-order valence-electron chi connectivity index (χ4n) is 2.59. The van der Waals surface area contributed by atoms with Crippen molar-refractivity contribution in [2.24, 2.45) is 0 Å². The lowest BCUT2D eigenvalue weighted by Crippen LogP contribution is -2.34. The number of carbonyl (C=O) groups is 1. The molecule has 31 heavy (non-hydrogen) atoms. The molecule has 0 radical (unpaired) electrons. The quantitative estimate of drug-likeness (QED) is 0.594. The summed E-state index contributed by atoms with van der Waals surface area (Å²) in [6.07, 6.45) is -4.71. The van der Waals surface area contributed by atoms with Crippen LogP contribution in [-0.4, -0.2) is 48.4 Å². The minimum Gasteiger partial charge on any atom is -0.493 e. The summed E-state index contributed by atoms with van der Waals surface area (Å²) in [5.41, 5.74) is 0.570. The van der Waals surface area contributed by atoms with Gasteiger partial charge in [-0.3, -0.25) is 4.79 Å². The van der Waals surface area contributed by atoms with Crippen LogP contribution in [0.2, 0.25) is 0 Å². The van der Waals surface area contributed by atoms with Crippen molar-refractivity contribution in [3.63, 3.8) is 0 Å². The summed E-state index contributed by atoms with van der Waals surface area (Å²) < 4.78 is 78.2. The summed E-state index contributed by atoms with van der Waals surface area (Å²) in [4.78, 5) is 12.0. The van der Waals surface area contributed by atoms with Gasteiger partial charge in [0.25, 0.3) is 5.91 Å². The molecule has 2 N–H and O–H groups in total. The van der Waals surface area contributed by atoms with Crippen LogP contribution in [0.5, 0.6) is 17.2 Å². The van der Waals surface area contributed by atoms with Crippen LogP contribution in [0.3, 0.4) is 0 Å². The molecule has 0 bridgehead atoms. The minimum atomic E-state index is -4.71. The Morgan fingerprint density at radius 1 is 1.00 bits per heavy atom. The number of sulfonamides is 1. The molecule has 0 aliphatic carbocycles. The van der Waals surface area contributed by atoms with Crippen LogP contribution in [0.15, 0.2) is 41.3 Å². The van der Waals surface area contributed by atoms with E-state index in [1.807, 2.05) is 0 Å². The first-order valence-electron chi connectivity index (χ1n) is 8.74. The van der Waals surface area contributed by atoms with Gasteiger partial charge in [-0.15, -0.1) is 0 Å². The van der Waals surface area contributed by atoms with Crippen LogP contribution >= 0.6 is 0 Å². The van der Waals surface area contributed by atoms with E-state index in [0.717, 1.165) is 12.1 Å². The molecule has 0 saturated carbocycles. The van der Waals surface area contributed by atoms with Gasteiger partial charge >= 0.3 is 6.18 Å². The van der Waals surface area contributed by atoms with Gasteiger partial charge in [-0.25, -0.2) is 13.1 Å². The van der Waals surface area contributed by atoms with E-state index in [-0.39, 0.29) is 12.1 Å². The van der Waals surface area contributed by atoms with Gasteiger partial charge in [0.1, 0.15) is 6.54 Å². The van der Waals surface area contributed by atoms with Crippen molar-refractivity contribution in [2.45, 2.75) is 17.6 Å². The van der Waals surface area contributed by atoms with Crippen molar-refractivity contribution < 1.29 is 40.6 Å². The summed E-state index contributed by atoms with van der Waals surface area (Å²) >= 11 is 0. The molecule has 8 nitrogen and oxygen atoms in total. The highest BCUT2D eigenvalue weighted by molar-refractivity contribution is 7.89. The van der Waals surface area contributed by atoms with Gasteiger partial charge in [0.05, 0.1) is 26.2 Å². The number of ether oxygens (including phenoxy) is 3.